The van der Waals surface area contributed by atoms with E-state index < -0.39 is 0 Å². The van der Waals surface area contributed by atoms with Crippen molar-refractivity contribution >= 4 is 11.6 Å². The molecule has 80 valence electrons. The topological polar surface area (TPSA) is 12.0 Å². The maximum atomic E-state index is 5.90. The zero-order valence-electron chi connectivity index (χ0n) is 8.78. The lowest BCUT2D eigenvalue weighted by molar-refractivity contribution is 0.667. The smallest absolute Gasteiger partial charge is 0.0582 e. The fraction of sp³-hybridized carbons (Fsp3) is 0.143. The van der Waals surface area contributed by atoms with Gasteiger partial charge >= 0.3 is 0 Å². The molecule has 1 unspecified atom stereocenters. The van der Waals surface area contributed by atoms with E-state index in [9.17, 15) is 0 Å². The Balaban J connectivity index is 2.01. The van der Waals surface area contributed by atoms with Crippen molar-refractivity contribution in [2.45, 2.75) is 12.6 Å². The molecule has 2 aromatic rings. The fourth-order valence-electron chi connectivity index (χ4n) is 2.25. The highest BCUT2D eigenvalue weighted by atomic mass is 35.5. The van der Waals surface area contributed by atoms with Gasteiger partial charge in [-0.25, -0.2) is 0 Å². The second-order valence-electron chi connectivity index (χ2n) is 4.06. The van der Waals surface area contributed by atoms with Crippen LogP contribution in [0.3, 0.4) is 0 Å². The number of hydrogen-bond donors (Lipinski definition) is 1. The standard InChI is InChI=1S/C14H12ClN/c15-12-7-5-10(6-8-12)14-13-4-2-1-3-11(13)9-16-14/h1-8,14,16H,9H2. The Morgan fingerprint density at radius 3 is 2.56 bits per heavy atom. The first-order valence-electron chi connectivity index (χ1n) is 5.41. The summed E-state index contributed by atoms with van der Waals surface area (Å²) in [6.45, 7) is 0.948. The van der Waals surface area contributed by atoms with Crippen molar-refractivity contribution in [2.75, 3.05) is 0 Å². The van der Waals surface area contributed by atoms with E-state index in [0.29, 0.717) is 6.04 Å². The molecule has 0 fully saturated rings. The number of benzene rings is 2. The summed E-state index contributed by atoms with van der Waals surface area (Å²) in [5, 5.41) is 4.30. The van der Waals surface area contributed by atoms with Gasteiger partial charge < -0.3 is 5.32 Å². The van der Waals surface area contributed by atoms with Crippen molar-refractivity contribution in [3.8, 4) is 0 Å². The molecule has 1 nitrogen and oxygen atoms in total. The molecule has 1 heterocycles. The lowest BCUT2D eigenvalue weighted by atomic mass is 9.99. The van der Waals surface area contributed by atoms with Gasteiger partial charge in [0, 0.05) is 11.6 Å². The quantitative estimate of drug-likeness (QED) is 0.789. The molecule has 0 spiro atoms. The summed E-state index contributed by atoms with van der Waals surface area (Å²) >= 11 is 5.90. The first kappa shape index (κ1) is 9.88. The van der Waals surface area contributed by atoms with E-state index in [0.717, 1.165) is 11.6 Å². The van der Waals surface area contributed by atoms with E-state index in [2.05, 4.69) is 41.7 Å². The van der Waals surface area contributed by atoms with Crippen molar-refractivity contribution in [3.63, 3.8) is 0 Å². The highest BCUT2D eigenvalue weighted by molar-refractivity contribution is 6.30. The van der Waals surface area contributed by atoms with Crippen molar-refractivity contribution < 1.29 is 0 Å². The summed E-state index contributed by atoms with van der Waals surface area (Å²) in [4.78, 5) is 0. The van der Waals surface area contributed by atoms with Crippen LogP contribution in [0.4, 0.5) is 0 Å². The summed E-state index contributed by atoms with van der Waals surface area (Å²) in [5.74, 6) is 0. The third-order valence-electron chi connectivity index (χ3n) is 3.07. The summed E-state index contributed by atoms with van der Waals surface area (Å²) in [5.41, 5.74) is 4.04. The van der Waals surface area contributed by atoms with Crippen LogP contribution in [0.25, 0.3) is 0 Å². The molecule has 0 saturated carbocycles. The predicted octanol–water partition coefficient (Wildman–Crippen LogP) is 3.53. The van der Waals surface area contributed by atoms with Gasteiger partial charge in [0.05, 0.1) is 6.04 Å². The first-order chi connectivity index (χ1) is 7.84. The molecule has 3 rings (SSSR count). The van der Waals surface area contributed by atoms with Gasteiger partial charge in [0.25, 0.3) is 0 Å². The van der Waals surface area contributed by atoms with E-state index in [1.807, 2.05) is 12.1 Å². The summed E-state index contributed by atoms with van der Waals surface area (Å²) in [6, 6.07) is 16.9. The van der Waals surface area contributed by atoms with Crippen molar-refractivity contribution in [1.82, 2.24) is 5.32 Å². The fourth-order valence-corrected chi connectivity index (χ4v) is 2.38. The second-order valence-corrected chi connectivity index (χ2v) is 4.50. The number of nitrogens with one attached hydrogen (secondary N) is 1. The van der Waals surface area contributed by atoms with Gasteiger partial charge in [0.1, 0.15) is 0 Å². The Morgan fingerprint density at radius 2 is 1.75 bits per heavy atom. The van der Waals surface area contributed by atoms with Gasteiger partial charge in [0.2, 0.25) is 0 Å². The van der Waals surface area contributed by atoms with Crippen LogP contribution in [0.5, 0.6) is 0 Å². The highest BCUT2D eigenvalue weighted by Crippen LogP contribution is 2.30. The Labute approximate surface area is 100 Å². The molecule has 2 heteroatoms. The molecule has 0 aromatic heterocycles. The minimum absolute atomic E-state index is 0.313. The molecule has 1 atom stereocenters. The molecule has 1 aliphatic heterocycles. The van der Waals surface area contributed by atoms with E-state index >= 15 is 0 Å². The van der Waals surface area contributed by atoms with Gasteiger partial charge in [-0.2, -0.15) is 0 Å². The summed E-state index contributed by atoms with van der Waals surface area (Å²) in [6.07, 6.45) is 0. The van der Waals surface area contributed by atoms with Crippen LogP contribution in [0.15, 0.2) is 48.5 Å². The molecule has 0 amide bonds. The SMILES string of the molecule is Clc1ccc(C2NCc3ccccc32)cc1. The Bertz CT molecular complexity index is 504. The second kappa shape index (κ2) is 3.93. The molecular formula is C14H12ClN. The van der Waals surface area contributed by atoms with Gasteiger partial charge in [-0.05, 0) is 28.8 Å². The zero-order valence-corrected chi connectivity index (χ0v) is 9.54. The molecule has 16 heavy (non-hydrogen) atoms. The van der Waals surface area contributed by atoms with Crippen LogP contribution >= 0.6 is 11.6 Å². The molecule has 0 radical (unpaired) electrons. The number of fused-ring (bicyclic) bond motifs is 1. The van der Waals surface area contributed by atoms with Crippen LogP contribution in [0.2, 0.25) is 5.02 Å². The molecule has 1 aliphatic rings. The minimum atomic E-state index is 0.313. The van der Waals surface area contributed by atoms with Crippen molar-refractivity contribution in [3.05, 3.63) is 70.2 Å². The van der Waals surface area contributed by atoms with Gasteiger partial charge in [-0.3, -0.25) is 0 Å². The van der Waals surface area contributed by atoms with Gasteiger partial charge in [-0.15, -0.1) is 0 Å². The summed E-state index contributed by atoms with van der Waals surface area (Å²) in [7, 11) is 0. The number of halogens is 1. The molecule has 0 saturated heterocycles. The normalized spacial score (nSPS) is 18.4. The van der Waals surface area contributed by atoms with E-state index in [1.165, 1.54) is 16.7 Å². The van der Waals surface area contributed by atoms with Crippen molar-refractivity contribution in [1.29, 1.82) is 0 Å². The van der Waals surface area contributed by atoms with Crippen LogP contribution in [0.1, 0.15) is 22.7 Å². The van der Waals surface area contributed by atoms with Crippen LogP contribution < -0.4 is 5.32 Å². The molecule has 1 N–H and O–H groups in total. The Morgan fingerprint density at radius 1 is 1.00 bits per heavy atom. The zero-order chi connectivity index (χ0) is 11.0. The third kappa shape index (κ3) is 1.62. The van der Waals surface area contributed by atoms with Crippen LogP contribution in [-0.2, 0) is 6.54 Å². The molecule has 2 aromatic carbocycles. The van der Waals surface area contributed by atoms with E-state index in [4.69, 9.17) is 11.6 Å². The van der Waals surface area contributed by atoms with Crippen molar-refractivity contribution in [2.24, 2.45) is 0 Å². The monoisotopic (exact) mass is 229 g/mol. The van der Waals surface area contributed by atoms with Gasteiger partial charge in [0.15, 0.2) is 0 Å². The average molecular weight is 230 g/mol. The average Bonchev–Trinajstić information content (AvgIpc) is 2.74. The minimum Gasteiger partial charge on any atom is -0.302 e. The van der Waals surface area contributed by atoms with E-state index in [-0.39, 0.29) is 0 Å². The van der Waals surface area contributed by atoms with E-state index in [1.54, 1.807) is 0 Å². The van der Waals surface area contributed by atoms with Crippen LogP contribution in [0, 0.1) is 0 Å². The highest BCUT2D eigenvalue weighted by Gasteiger charge is 2.22. The third-order valence-corrected chi connectivity index (χ3v) is 3.32. The lowest BCUT2D eigenvalue weighted by Gasteiger charge is -2.12. The number of hydrogen-bond acceptors (Lipinski definition) is 1. The lowest BCUT2D eigenvalue weighted by Crippen LogP contribution is -2.12. The maximum absolute atomic E-state index is 5.90. The molecular weight excluding hydrogens is 218 g/mol. The maximum Gasteiger partial charge on any atom is 0.0582 e. The van der Waals surface area contributed by atoms with Gasteiger partial charge in [-0.1, -0.05) is 48.0 Å². The predicted molar refractivity (Wildman–Crippen MR) is 66.6 cm³/mol. The Kier molecular flexibility index (Phi) is 2.43. The molecule has 0 bridgehead atoms. The first-order valence-corrected chi connectivity index (χ1v) is 5.79. The number of rotatable bonds is 1. The summed E-state index contributed by atoms with van der Waals surface area (Å²) < 4.78 is 0. The largest absolute Gasteiger partial charge is 0.302 e. The Hall–Kier alpha value is -1.31. The van der Waals surface area contributed by atoms with Crippen LogP contribution in [-0.4, -0.2) is 0 Å². The molecule has 0 aliphatic carbocycles.